The Labute approximate surface area is 96.2 Å². The van der Waals surface area contributed by atoms with Crippen molar-refractivity contribution in [3.63, 3.8) is 0 Å². The largest absolute Gasteiger partial charge is 0.334 e. The van der Waals surface area contributed by atoms with Gasteiger partial charge in [-0.25, -0.2) is 4.98 Å². The number of aromatic nitrogens is 2. The summed E-state index contributed by atoms with van der Waals surface area (Å²) in [6.45, 7) is 1.85. The van der Waals surface area contributed by atoms with Crippen LogP contribution in [-0.2, 0) is 7.05 Å². The Balaban J connectivity index is 2.65. The quantitative estimate of drug-likeness (QED) is 0.784. The molecule has 0 unspecified atom stereocenters. The molecule has 0 fully saturated rings. The fourth-order valence-electron chi connectivity index (χ4n) is 1.57. The van der Waals surface area contributed by atoms with Crippen molar-refractivity contribution in [3.8, 4) is 0 Å². The molecule has 15 heavy (non-hydrogen) atoms. The smallest absolute Gasteiger partial charge is 0.164 e. The highest BCUT2D eigenvalue weighted by molar-refractivity contribution is 9.10. The van der Waals surface area contributed by atoms with Gasteiger partial charge in [0.25, 0.3) is 0 Å². The van der Waals surface area contributed by atoms with Gasteiger partial charge in [0.05, 0.1) is 0 Å². The first-order valence-electron chi connectivity index (χ1n) is 4.77. The van der Waals surface area contributed by atoms with Crippen LogP contribution in [0.15, 0.2) is 22.9 Å². The number of hydrogen-bond acceptors (Lipinski definition) is 2. The summed E-state index contributed by atoms with van der Waals surface area (Å²) in [6.07, 6.45) is 4.09. The number of carbonyl (C=O) groups is 1. The molecule has 78 valence electrons. The Morgan fingerprint density at radius 2 is 2.33 bits per heavy atom. The van der Waals surface area contributed by atoms with E-state index in [0.29, 0.717) is 12.0 Å². The van der Waals surface area contributed by atoms with Crippen molar-refractivity contribution < 1.29 is 4.79 Å². The van der Waals surface area contributed by atoms with Crippen molar-refractivity contribution in [1.82, 2.24) is 9.55 Å². The van der Waals surface area contributed by atoms with E-state index in [1.54, 1.807) is 6.20 Å². The van der Waals surface area contributed by atoms with Gasteiger partial charge in [0.2, 0.25) is 0 Å². The van der Waals surface area contributed by atoms with Crippen LogP contribution >= 0.6 is 15.9 Å². The zero-order valence-corrected chi connectivity index (χ0v) is 10.2. The average molecular weight is 267 g/mol. The van der Waals surface area contributed by atoms with E-state index in [4.69, 9.17) is 0 Å². The van der Waals surface area contributed by atoms with Crippen LogP contribution in [0.4, 0.5) is 0 Å². The minimum absolute atomic E-state index is 0.125. The maximum absolute atomic E-state index is 11.5. The van der Waals surface area contributed by atoms with Crippen LogP contribution < -0.4 is 0 Å². The summed E-state index contributed by atoms with van der Waals surface area (Å²) in [4.78, 5) is 15.8. The van der Waals surface area contributed by atoms with E-state index in [1.807, 2.05) is 30.8 Å². The molecule has 4 heteroatoms. The Kier molecular flexibility index (Phi) is 2.61. The molecule has 0 N–H and O–H groups in total. The van der Waals surface area contributed by atoms with Crippen LogP contribution in [0, 0.1) is 0 Å². The normalized spacial score (nSPS) is 10.9. The lowest BCUT2D eigenvalue weighted by atomic mass is 10.1. The zero-order valence-electron chi connectivity index (χ0n) is 8.62. The molecule has 0 spiro atoms. The predicted molar refractivity (Wildman–Crippen MR) is 63.0 cm³/mol. The van der Waals surface area contributed by atoms with Crippen LogP contribution in [0.5, 0.6) is 0 Å². The second-order valence-corrected chi connectivity index (χ2v) is 4.31. The zero-order chi connectivity index (χ0) is 11.0. The highest BCUT2D eigenvalue weighted by Crippen LogP contribution is 2.24. The lowest BCUT2D eigenvalue weighted by Gasteiger charge is -1.99. The maximum atomic E-state index is 11.5. The summed E-state index contributed by atoms with van der Waals surface area (Å²) >= 11 is 3.45. The van der Waals surface area contributed by atoms with Crippen molar-refractivity contribution in [2.75, 3.05) is 0 Å². The Morgan fingerprint density at radius 3 is 3.00 bits per heavy atom. The molecule has 0 aromatic carbocycles. The van der Waals surface area contributed by atoms with E-state index in [1.165, 1.54) is 0 Å². The van der Waals surface area contributed by atoms with Gasteiger partial charge in [0, 0.05) is 41.3 Å². The fourth-order valence-corrected chi connectivity index (χ4v) is 2.17. The molecule has 0 aliphatic rings. The summed E-state index contributed by atoms with van der Waals surface area (Å²) in [6, 6.07) is 1.89. The second-order valence-electron chi connectivity index (χ2n) is 3.46. The number of ketones is 1. The first-order valence-corrected chi connectivity index (χ1v) is 5.56. The summed E-state index contributed by atoms with van der Waals surface area (Å²) < 4.78 is 2.90. The van der Waals surface area contributed by atoms with Crippen LogP contribution in [0.3, 0.4) is 0 Å². The number of nitrogens with zero attached hydrogens (tertiary/aromatic N) is 2. The van der Waals surface area contributed by atoms with Crippen LogP contribution in [0.2, 0.25) is 0 Å². The predicted octanol–water partition coefficient (Wildman–Crippen LogP) is 2.93. The lowest BCUT2D eigenvalue weighted by molar-refractivity contribution is 0.0988. The molecular weight excluding hydrogens is 256 g/mol. The molecule has 0 radical (unpaired) electrons. The molecule has 2 aromatic rings. The van der Waals surface area contributed by atoms with Gasteiger partial charge >= 0.3 is 0 Å². The molecule has 2 rings (SSSR count). The number of aryl methyl sites for hydroxylation is 1. The van der Waals surface area contributed by atoms with E-state index < -0.39 is 0 Å². The Morgan fingerprint density at radius 1 is 1.60 bits per heavy atom. The van der Waals surface area contributed by atoms with Gasteiger partial charge in [-0.3, -0.25) is 4.79 Å². The van der Waals surface area contributed by atoms with E-state index in [2.05, 4.69) is 20.9 Å². The number of pyridine rings is 1. The minimum Gasteiger partial charge on any atom is -0.334 e. The third-order valence-electron chi connectivity index (χ3n) is 2.41. The third kappa shape index (κ3) is 1.69. The number of Topliss-reactive ketones (excluding diaryl/α,β-unsaturated/α-hetero) is 1. The van der Waals surface area contributed by atoms with Gasteiger partial charge in [-0.2, -0.15) is 0 Å². The number of halogens is 1. The molecule has 0 atom stereocenters. The monoisotopic (exact) mass is 266 g/mol. The van der Waals surface area contributed by atoms with Gasteiger partial charge in [0.15, 0.2) is 5.78 Å². The molecule has 2 heterocycles. The molecule has 0 amide bonds. The van der Waals surface area contributed by atoms with Crippen LogP contribution in [0.25, 0.3) is 11.0 Å². The lowest BCUT2D eigenvalue weighted by Crippen LogP contribution is -1.98. The first-order chi connectivity index (χ1) is 7.13. The van der Waals surface area contributed by atoms with Crippen molar-refractivity contribution >= 4 is 32.7 Å². The first kappa shape index (κ1) is 10.4. The van der Waals surface area contributed by atoms with Crippen LogP contribution in [-0.4, -0.2) is 15.3 Å². The van der Waals surface area contributed by atoms with Crippen molar-refractivity contribution in [2.45, 2.75) is 13.3 Å². The van der Waals surface area contributed by atoms with E-state index in [-0.39, 0.29) is 5.78 Å². The molecule has 2 aromatic heterocycles. The van der Waals surface area contributed by atoms with E-state index in [0.717, 1.165) is 15.5 Å². The molecule has 0 aliphatic heterocycles. The molecule has 0 aliphatic carbocycles. The van der Waals surface area contributed by atoms with Gasteiger partial charge in [0.1, 0.15) is 5.65 Å². The van der Waals surface area contributed by atoms with Gasteiger partial charge in [-0.1, -0.05) is 6.92 Å². The number of carbonyl (C=O) groups excluding carboxylic acids is 1. The van der Waals surface area contributed by atoms with Crippen molar-refractivity contribution in [2.24, 2.45) is 7.05 Å². The average Bonchev–Trinajstić information content (AvgIpc) is 2.53. The number of fused-ring (bicyclic) bond motifs is 1. The standard InChI is InChI=1S/C11H11BrN2O/c1-3-10(15)7-4-8-9(12)6-14(2)11(8)13-5-7/h4-6H,3H2,1-2H3. The maximum Gasteiger partial charge on any atom is 0.164 e. The van der Waals surface area contributed by atoms with Gasteiger partial charge in [-0.15, -0.1) is 0 Å². The van der Waals surface area contributed by atoms with Crippen molar-refractivity contribution in [1.29, 1.82) is 0 Å². The second kappa shape index (κ2) is 3.77. The van der Waals surface area contributed by atoms with E-state index >= 15 is 0 Å². The molecule has 3 nitrogen and oxygen atoms in total. The van der Waals surface area contributed by atoms with Gasteiger partial charge in [-0.05, 0) is 22.0 Å². The number of hydrogen-bond donors (Lipinski definition) is 0. The Hall–Kier alpha value is -1.16. The fraction of sp³-hybridized carbons (Fsp3) is 0.273. The molecule has 0 saturated carbocycles. The topological polar surface area (TPSA) is 34.9 Å². The summed E-state index contributed by atoms with van der Waals surface area (Å²) in [5.74, 6) is 0.125. The highest BCUT2D eigenvalue weighted by atomic mass is 79.9. The summed E-state index contributed by atoms with van der Waals surface area (Å²) in [5.41, 5.74) is 1.56. The van der Waals surface area contributed by atoms with Crippen LogP contribution in [0.1, 0.15) is 23.7 Å². The SMILES string of the molecule is CCC(=O)c1cnc2c(c1)c(Br)cn2C. The third-order valence-corrected chi connectivity index (χ3v) is 3.04. The minimum atomic E-state index is 0.125. The van der Waals surface area contributed by atoms with Gasteiger partial charge < -0.3 is 4.57 Å². The molecule has 0 bridgehead atoms. The summed E-state index contributed by atoms with van der Waals surface area (Å²) in [7, 11) is 1.93. The molecular formula is C11H11BrN2O. The summed E-state index contributed by atoms with van der Waals surface area (Å²) in [5, 5.41) is 0.983. The van der Waals surface area contributed by atoms with E-state index in [9.17, 15) is 4.79 Å². The molecule has 0 saturated heterocycles. The number of rotatable bonds is 2. The highest BCUT2D eigenvalue weighted by Gasteiger charge is 2.09. The van der Waals surface area contributed by atoms with Crippen molar-refractivity contribution in [3.05, 3.63) is 28.5 Å². The Bertz CT molecular complexity index is 531.